The first-order valence-corrected chi connectivity index (χ1v) is 4.42. The van der Waals surface area contributed by atoms with Gasteiger partial charge in [0.05, 0.1) is 6.54 Å². The Morgan fingerprint density at radius 2 is 2.31 bits per heavy atom. The van der Waals surface area contributed by atoms with Gasteiger partial charge in [0.25, 0.3) is 0 Å². The Kier molecular flexibility index (Phi) is 3.03. The van der Waals surface area contributed by atoms with E-state index < -0.39 is 5.67 Å². The van der Waals surface area contributed by atoms with Gasteiger partial charge in [0.1, 0.15) is 5.67 Å². The number of hydrogen-bond donors (Lipinski definition) is 1. The van der Waals surface area contributed by atoms with Gasteiger partial charge in [0, 0.05) is 18.3 Å². The third kappa shape index (κ3) is 3.14. The molecule has 1 heterocycles. The van der Waals surface area contributed by atoms with Crippen molar-refractivity contribution in [3.63, 3.8) is 0 Å². The molecule has 0 saturated carbocycles. The van der Waals surface area contributed by atoms with E-state index in [2.05, 4.69) is 5.10 Å². The molecule has 0 aliphatic rings. The largest absolute Gasteiger partial charge is 0.330 e. The second-order valence-electron chi connectivity index (χ2n) is 3.74. The van der Waals surface area contributed by atoms with Crippen molar-refractivity contribution in [3.8, 4) is 0 Å². The first-order chi connectivity index (χ1) is 6.03. The summed E-state index contributed by atoms with van der Waals surface area (Å²) < 4.78 is 15.0. The molecule has 0 radical (unpaired) electrons. The highest BCUT2D eigenvalue weighted by Crippen LogP contribution is 2.12. The molecule has 0 atom stereocenters. The molecule has 0 fully saturated rings. The summed E-state index contributed by atoms with van der Waals surface area (Å²) in [5.74, 6) is 0. The molecule has 2 N–H and O–H groups in total. The molecule has 13 heavy (non-hydrogen) atoms. The maximum absolute atomic E-state index is 13.3. The fourth-order valence-electron chi connectivity index (χ4n) is 1.22. The molecule has 0 spiro atoms. The van der Waals surface area contributed by atoms with Crippen LogP contribution in [0.2, 0.25) is 0 Å². The lowest BCUT2D eigenvalue weighted by Crippen LogP contribution is -2.23. The zero-order chi connectivity index (χ0) is 9.90. The minimum absolute atomic E-state index is 0.287. The molecule has 1 aromatic heterocycles. The summed E-state index contributed by atoms with van der Waals surface area (Å²) in [7, 11) is 0. The fourth-order valence-corrected chi connectivity index (χ4v) is 1.22. The molecule has 0 aliphatic heterocycles. The van der Waals surface area contributed by atoms with E-state index in [0.717, 1.165) is 12.1 Å². The number of nitrogens with two attached hydrogens (primary N) is 1. The average molecular weight is 185 g/mol. The lowest BCUT2D eigenvalue weighted by molar-refractivity contribution is 0.177. The summed E-state index contributed by atoms with van der Waals surface area (Å²) >= 11 is 0. The van der Waals surface area contributed by atoms with Gasteiger partial charge >= 0.3 is 0 Å². The quantitative estimate of drug-likeness (QED) is 0.764. The molecule has 0 aromatic carbocycles. The lowest BCUT2D eigenvalue weighted by Gasteiger charge is -2.15. The van der Waals surface area contributed by atoms with Crippen molar-refractivity contribution in [3.05, 3.63) is 18.0 Å². The minimum atomic E-state index is -1.23. The van der Waals surface area contributed by atoms with E-state index in [9.17, 15) is 4.39 Å². The summed E-state index contributed by atoms with van der Waals surface area (Å²) in [6.45, 7) is 3.94. The van der Waals surface area contributed by atoms with Crippen LogP contribution < -0.4 is 5.73 Å². The minimum Gasteiger partial charge on any atom is -0.330 e. The van der Waals surface area contributed by atoms with Gasteiger partial charge in [-0.15, -0.1) is 0 Å². The smallest absolute Gasteiger partial charge is 0.125 e. The highest BCUT2D eigenvalue weighted by molar-refractivity contribution is 5.01. The second kappa shape index (κ2) is 3.87. The molecule has 4 heteroatoms. The maximum Gasteiger partial charge on any atom is 0.125 e. The van der Waals surface area contributed by atoms with Crippen LogP contribution in [-0.4, -0.2) is 22.0 Å². The van der Waals surface area contributed by atoms with Crippen LogP contribution in [-0.2, 0) is 13.0 Å². The Balaban J connectivity index is 2.70. The third-order valence-corrected chi connectivity index (χ3v) is 1.73. The summed E-state index contributed by atoms with van der Waals surface area (Å²) in [4.78, 5) is 0. The molecule has 0 unspecified atom stereocenters. The van der Waals surface area contributed by atoms with E-state index in [-0.39, 0.29) is 6.54 Å². The molecule has 0 amide bonds. The Morgan fingerprint density at radius 3 is 2.85 bits per heavy atom. The molecule has 3 nitrogen and oxygen atoms in total. The Bertz CT molecular complexity index is 262. The first kappa shape index (κ1) is 10.2. The van der Waals surface area contributed by atoms with Gasteiger partial charge < -0.3 is 5.73 Å². The summed E-state index contributed by atoms with van der Waals surface area (Å²) in [6.07, 6.45) is 2.42. The van der Waals surface area contributed by atoms with Crippen molar-refractivity contribution < 1.29 is 4.39 Å². The van der Waals surface area contributed by atoms with Crippen LogP contribution in [0.3, 0.4) is 0 Å². The lowest BCUT2D eigenvalue weighted by atomic mass is 10.2. The van der Waals surface area contributed by atoms with Crippen molar-refractivity contribution in [1.82, 2.24) is 9.78 Å². The van der Waals surface area contributed by atoms with Crippen LogP contribution in [0.25, 0.3) is 0 Å². The second-order valence-corrected chi connectivity index (χ2v) is 3.74. The zero-order valence-corrected chi connectivity index (χ0v) is 8.13. The predicted octanol–water partition coefficient (Wildman–Crippen LogP) is 1.13. The van der Waals surface area contributed by atoms with Crippen LogP contribution in [0.1, 0.15) is 19.5 Å². The van der Waals surface area contributed by atoms with Gasteiger partial charge in [0.15, 0.2) is 0 Å². The van der Waals surface area contributed by atoms with Crippen LogP contribution in [0.5, 0.6) is 0 Å². The predicted molar refractivity (Wildman–Crippen MR) is 50.2 cm³/mol. The summed E-state index contributed by atoms with van der Waals surface area (Å²) in [5, 5.41) is 4.04. The fraction of sp³-hybridized carbons (Fsp3) is 0.667. The van der Waals surface area contributed by atoms with E-state index in [1.54, 1.807) is 24.7 Å². The molecule has 0 bridgehead atoms. The summed E-state index contributed by atoms with van der Waals surface area (Å²) in [6, 6.07) is 1.87. The van der Waals surface area contributed by atoms with E-state index >= 15 is 0 Å². The Labute approximate surface area is 77.7 Å². The highest BCUT2D eigenvalue weighted by atomic mass is 19.1. The van der Waals surface area contributed by atoms with Gasteiger partial charge in [-0.3, -0.25) is 4.68 Å². The molecule has 74 valence electrons. The van der Waals surface area contributed by atoms with Crippen molar-refractivity contribution in [2.24, 2.45) is 5.73 Å². The normalized spacial score (nSPS) is 12.0. The van der Waals surface area contributed by atoms with Gasteiger partial charge in [-0.1, -0.05) is 0 Å². The molecular weight excluding hydrogens is 169 g/mol. The first-order valence-electron chi connectivity index (χ1n) is 4.42. The van der Waals surface area contributed by atoms with Crippen molar-refractivity contribution in [2.75, 3.05) is 6.54 Å². The van der Waals surface area contributed by atoms with Crippen molar-refractivity contribution in [2.45, 2.75) is 32.5 Å². The number of rotatable bonds is 4. The van der Waals surface area contributed by atoms with E-state index in [0.29, 0.717) is 6.54 Å². The number of halogens is 1. The number of aromatic nitrogens is 2. The molecule has 1 rings (SSSR count). The SMILES string of the molecule is CC(C)(F)Cn1nccc1CCN. The molecular formula is C9H16FN3. The van der Waals surface area contributed by atoms with E-state index in [4.69, 9.17) is 5.73 Å². The zero-order valence-electron chi connectivity index (χ0n) is 8.13. The van der Waals surface area contributed by atoms with Crippen molar-refractivity contribution >= 4 is 0 Å². The van der Waals surface area contributed by atoms with Gasteiger partial charge in [-0.25, -0.2) is 4.39 Å². The van der Waals surface area contributed by atoms with E-state index in [1.165, 1.54) is 0 Å². The van der Waals surface area contributed by atoms with Gasteiger partial charge in [0.2, 0.25) is 0 Å². The van der Waals surface area contributed by atoms with Crippen LogP contribution >= 0.6 is 0 Å². The van der Waals surface area contributed by atoms with Crippen LogP contribution in [0.4, 0.5) is 4.39 Å². The molecule has 0 saturated heterocycles. The van der Waals surface area contributed by atoms with Crippen molar-refractivity contribution in [1.29, 1.82) is 0 Å². The standard InChI is InChI=1S/C9H16FN3/c1-9(2,10)7-13-8(3-5-11)4-6-12-13/h4,6H,3,5,7,11H2,1-2H3. The summed E-state index contributed by atoms with van der Waals surface area (Å²) in [5.41, 5.74) is 5.18. The Morgan fingerprint density at radius 1 is 1.62 bits per heavy atom. The third-order valence-electron chi connectivity index (χ3n) is 1.73. The van der Waals surface area contributed by atoms with Crippen LogP contribution in [0.15, 0.2) is 12.3 Å². The van der Waals surface area contributed by atoms with Crippen LogP contribution in [0, 0.1) is 0 Å². The average Bonchev–Trinajstić information content (AvgIpc) is 2.34. The van der Waals surface area contributed by atoms with Gasteiger partial charge in [-0.05, 0) is 26.5 Å². The Hall–Kier alpha value is -0.900. The number of hydrogen-bond acceptors (Lipinski definition) is 2. The van der Waals surface area contributed by atoms with Gasteiger partial charge in [-0.2, -0.15) is 5.10 Å². The maximum atomic E-state index is 13.3. The topological polar surface area (TPSA) is 43.8 Å². The van der Waals surface area contributed by atoms with E-state index in [1.807, 2.05) is 6.07 Å². The monoisotopic (exact) mass is 185 g/mol. The molecule has 0 aliphatic carbocycles. The molecule has 1 aromatic rings. The number of nitrogens with zero attached hydrogens (tertiary/aromatic N) is 2. The number of alkyl halides is 1. The highest BCUT2D eigenvalue weighted by Gasteiger charge is 2.17.